The number of carbonyl (C=O) groups excluding carboxylic acids is 1. The minimum atomic E-state index is -0.0540. The second-order valence-electron chi connectivity index (χ2n) is 4.68. The standard InChI is InChI=1S/C14H20N2OS/c1-10(14(17)15-2)18-13-5-3-4-11(8-13)9-16-12-6-7-12/h3-5,8,10,12,16H,6-7,9H2,1-2H3,(H,15,17). The summed E-state index contributed by atoms with van der Waals surface area (Å²) >= 11 is 1.60. The molecule has 1 unspecified atom stereocenters. The smallest absolute Gasteiger partial charge is 0.232 e. The van der Waals surface area contributed by atoms with Crippen LogP contribution in [0.3, 0.4) is 0 Å². The molecule has 1 aliphatic rings. The number of carbonyl (C=O) groups is 1. The van der Waals surface area contributed by atoms with E-state index >= 15 is 0 Å². The molecule has 0 radical (unpaired) electrons. The molecule has 3 nitrogen and oxygen atoms in total. The van der Waals surface area contributed by atoms with Crippen molar-refractivity contribution in [2.75, 3.05) is 7.05 Å². The number of amides is 1. The maximum absolute atomic E-state index is 11.5. The van der Waals surface area contributed by atoms with Crippen LogP contribution in [0.1, 0.15) is 25.3 Å². The van der Waals surface area contributed by atoms with Crippen LogP contribution < -0.4 is 10.6 Å². The second-order valence-corrected chi connectivity index (χ2v) is 6.09. The maximum atomic E-state index is 11.5. The predicted octanol–water partition coefficient (Wildman–Crippen LogP) is 2.17. The fourth-order valence-electron chi connectivity index (χ4n) is 1.74. The first-order valence-corrected chi connectivity index (χ1v) is 7.27. The number of thioether (sulfide) groups is 1. The van der Waals surface area contributed by atoms with E-state index in [1.807, 2.05) is 6.92 Å². The van der Waals surface area contributed by atoms with E-state index in [-0.39, 0.29) is 11.2 Å². The highest BCUT2D eigenvalue weighted by Crippen LogP contribution is 2.25. The van der Waals surface area contributed by atoms with Gasteiger partial charge in [-0.25, -0.2) is 0 Å². The van der Waals surface area contributed by atoms with E-state index in [1.165, 1.54) is 18.4 Å². The summed E-state index contributed by atoms with van der Waals surface area (Å²) in [4.78, 5) is 12.6. The zero-order chi connectivity index (χ0) is 13.0. The van der Waals surface area contributed by atoms with Crippen LogP contribution in [-0.4, -0.2) is 24.2 Å². The van der Waals surface area contributed by atoms with Crippen molar-refractivity contribution in [3.63, 3.8) is 0 Å². The Balaban J connectivity index is 1.91. The van der Waals surface area contributed by atoms with Crippen molar-refractivity contribution in [2.45, 2.75) is 42.5 Å². The van der Waals surface area contributed by atoms with E-state index in [2.05, 4.69) is 34.9 Å². The maximum Gasteiger partial charge on any atom is 0.232 e. The molecule has 98 valence electrons. The van der Waals surface area contributed by atoms with Gasteiger partial charge in [0.25, 0.3) is 0 Å². The van der Waals surface area contributed by atoms with Crippen LogP contribution in [0, 0.1) is 0 Å². The third-order valence-corrected chi connectivity index (χ3v) is 4.09. The van der Waals surface area contributed by atoms with Gasteiger partial charge in [0.2, 0.25) is 5.91 Å². The topological polar surface area (TPSA) is 41.1 Å². The van der Waals surface area contributed by atoms with Crippen molar-refractivity contribution in [1.29, 1.82) is 0 Å². The van der Waals surface area contributed by atoms with Crippen LogP contribution in [0.4, 0.5) is 0 Å². The number of hydrogen-bond donors (Lipinski definition) is 2. The molecule has 1 amide bonds. The average molecular weight is 264 g/mol. The highest BCUT2D eigenvalue weighted by atomic mass is 32.2. The highest BCUT2D eigenvalue weighted by molar-refractivity contribution is 8.00. The van der Waals surface area contributed by atoms with Gasteiger partial charge in [-0.15, -0.1) is 11.8 Å². The summed E-state index contributed by atoms with van der Waals surface area (Å²) < 4.78 is 0. The molecule has 4 heteroatoms. The highest BCUT2D eigenvalue weighted by Gasteiger charge is 2.20. The summed E-state index contributed by atoms with van der Waals surface area (Å²) in [6.45, 7) is 2.85. The van der Waals surface area contributed by atoms with Crippen molar-refractivity contribution in [1.82, 2.24) is 10.6 Å². The molecule has 0 aromatic heterocycles. The minimum absolute atomic E-state index is 0.0540. The molecule has 0 aliphatic heterocycles. The molecule has 1 fully saturated rings. The Morgan fingerprint density at radius 1 is 1.50 bits per heavy atom. The first kappa shape index (κ1) is 13.4. The van der Waals surface area contributed by atoms with Crippen molar-refractivity contribution in [2.24, 2.45) is 0 Å². The summed E-state index contributed by atoms with van der Waals surface area (Å²) in [7, 11) is 1.68. The van der Waals surface area contributed by atoms with Crippen LogP contribution in [-0.2, 0) is 11.3 Å². The monoisotopic (exact) mass is 264 g/mol. The zero-order valence-electron chi connectivity index (χ0n) is 10.9. The molecule has 2 N–H and O–H groups in total. The second kappa shape index (κ2) is 6.25. The lowest BCUT2D eigenvalue weighted by molar-refractivity contribution is -0.119. The Hall–Kier alpha value is -1.00. The number of nitrogens with one attached hydrogen (secondary N) is 2. The number of hydrogen-bond acceptors (Lipinski definition) is 3. The Bertz CT molecular complexity index is 418. The Morgan fingerprint density at radius 2 is 2.28 bits per heavy atom. The van der Waals surface area contributed by atoms with Crippen LogP contribution in [0.2, 0.25) is 0 Å². The summed E-state index contributed by atoms with van der Waals surface area (Å²) in [5.41, 5.74) is 1.29. The molecule has 1 atom stereocenters. The Labute approximate surface area is 113 Å². The summed E-state index contributed by atoms with van der Waals surface area (Å²) in [6, 6.07) is 9.14. The lowest BCUT2D eigenvalue weighted by atomic mass is 10.2. The molecular weight excluding hydrogens is 244 g/mol. The molecule has 1 aromatic carbocycles. The molecule has 1 aromatic rings. The van der Waals surface area contributed by atoms with Gasteiger partial charge in [-0.1, -0.05) is 12.1 Å². The van der Waals surface area contributed by atoms with Crippen molar-refractivity contribution < 1.29 is 4.79 Å². The molecular formula is C14H20N2OS. The van der Waals surface area contributed by atoms with Gasteiger partial charge in [-0.3, -0.25) is 4.79 Å². The molecule has 0 bridgehead atoms. The van der Waals surface area contributed by atoms with Crippen molar-refractivity contribution in [3.05, 3.63) is 29.8 Å². The fourth-order valence-corrected chi connectivity index (χ4v) is 2.75. The van der Waals surface area contributed by atoms with Crippen LogP contribution in [0.25, 0.3) is 0 Å². The first-order chi connectivity index (χ1) is 8.69. The fraction of sp³-hybridized carbons (Fsp3) is 0.500. The van der Waals surface area contributed by atoms with Crippen molar-refractivity contribution >= 4 is 17.7 Å². The summed E-state index contributed by atoms with van der Waals surface area (Å²) in [5, 5.41) is 6.12. The van der Waals surface area contributed by atoms with Gasteiger partial charge in [0, 0.05) is 24.5 Å². The number of rotatable bonds is 6. The number of benzene rings is 1. The lowest BCUT2D eigenvalue weighted by Gasteiger charge is -2.11. The van der Waals surface area contributed by atoms with Gasteiger partial charge in [-0.05, 0) is 37.5 Å². The van der Waals surface area contributed by atoms with E-state index < -0.39 is 0 Å². The average Bonchev–Trinajstić information content (AvgIpc) is 3.20. The third kappa shape index (κ3) is 4.03. The first-order valence-electron chi connectivity index (χ1n) is 6.39. The Morgan fingerprint density at radius 3 is 2.94 bits per heavy atom. The molecule has 18 heavy (non-hydrogen) atoms. The third-order valence-electron chi connectivity index (χ3n) is 3.00. The molecule has 2 rings (SSSR count). The molecule has 1 aliphatic carbocycles. The van der Waals surface area contributed by atoms with Gasteiger partial charge in [0.1, 0.15) is 0 Å². The molecule has 0 heterocycles. The minimum Gasteiger partial charge on any atom is -0.358 e. The Kier molecular flexibility index (Phi) is 4.66. The van der Waals surface area contributed by atoms with E-state index in [0.29, 0.717) is 0 Å². The van der Waals surface area contributed by atoms with E-state index in [0.717, 1.165) is 17.5 Å². The van der Waals surface area contributed by atoms with Crippen molar-refractivity contribution in [3.8, 4) is 0 Å². The summed E-state index contributed by atoms with van der Waals surface area (Å²) in [5.74, 6) is 0.0708. The SMILES string of the molecule is CNC(=O)C(C)Sc1cccc(CNC2CC2)c1. The normalized spacial score (nSPS) is 16.3. The lowest BCUT2D eigenvalue weighted by Crippen LogP contribution is -2.27. The van der Waals surface area contributed by atoms with E-state index in [1.54, 1.807) is 18.8 Å². The van der Waals surface area contributed by atoms with Crippen LogP contribution >= 0.6 is 11.8 Å². The van der Waals surface area contributed by atoms with Crippen LogP contribution in [0.5, 0.6) is 0 Å². The van der Waals surface area contributed by atoms with Crippen LogP contribution in [0.15, 0.2) is 29.2 Å². The predicted molar refractivity (Wildman–Crippen MR) is 75.7 cm³/mol. The van der Waals surface area contributed by atoms with E-state index in [4.69, 9.17) is 0 Å². The van der Waals surface area contributed by atoms with Gasteiger partial charge >= 0.3 is 0 Å². The molecule has 0 saturated heterocycles. The molecule has 0 spiro atoms. The molecule has 1 saturated carbocycles. The van der Waals surface area contributed by atoms with Gasteiger partial charge in [0.05, 0.1) is 5.25 Å². The zero-order valence-corrected chi connectivity index (χ0v) is 11.7. The van der Waals surface area contributed by atoms with Gasteiger partial charge in [0.15, 0.2) is 0 Å². The van der Waals surface area contributed by atoms with Gasteiger partial charge in [-0.2, -0.15) is 0 Å². The largest absolute Gasteiger partial charge is 0.358 e. The quantitative estimate of drug-likeness (QED) is 0.774. The van der Waals surface area contributed by atoms with E-state index in [9.17, 15) is 4.79 Å². The summed E-state index contributed by atoms with van der Waals surface area (Å²) in [6.07, 6.45) is 2.62. The van der Waals surface area contributed by atoms with Gasteiger partial charge < -0.3 is 10.6 Å².